The second kappa shape index (κ2) is 5.99. The molecule has 0 aliphatic heterocycles. The van der Waals surface area contributed by atoms with E-state index in [-0.39, 0.29) is 6.61 Å². The lowest BCUT2D eigenvalue weighted by Gasteiger charge is -2.36. The largest absolute Gasteiger partial charge is 0.466 e. The fraction of sp³-hybridized carbons (Fsp3) is 0.600. The van der Waals surface area contributed by atoms with E-state index in [1.54, 1.807) is 0 Å². The molecular weight excluding hydrogens is 270 g/mol. The van der Waals surface area contributed by atoms with Crippen LogP contribution in [-0.4, -0.2) is 39.4 Å². The molecule has 2 aromatic heterocycles. The van der Waals surface area contributed by atoms with Gasteiger partial charge in [0.15, 0.2) is 0 Å². The zero-order valence-electron chi connectivity index (χ0n) is 12.5. The minimum atomic E-state index is 0.150. The zero-order chi connectivity index (χ0) is 14.8. The van der Waals surface area contributed by atoms with Crippen LogP contribution in [0.1, 0.15) is 36.7 Å². The number of hydrogen-bond acceptors (Lipinski definition) is 6. The number of rotatable bonds is 6. The van der Waals surface area contributed by atoms with Crippen LogP contribution in [0.3, 0.4) is 0 Å². The molecule has 0 bridgehead atoms. The first-order chi connectivity index (χ1) is 10.2. The highest BCUT2D eigenvalue weighted by Crippen LogP contribution is 2.28. The van der Waals surface area contributed by atoms with Crippen LogP contribution in [-0.2, 0) is 6.54 Å². The van der Waals surface area contributed by atoms with Gasteiger partial charge in [0.05, 0.1) is 18.7 Å². The molecular formula is C15H21N3O3. The monoisotopic (exact) mass is 291 g/mol. The maximum absolute atomic E-state index is 9.18. The summed E-state index contributed by atoms with van der Waals surface area (Å²) in [6, 6.07) is 2.44. The van der Waals surface area contributed by atoms with Crippen molar-refractivity contribution in [1.82, 2.24) is 15.1 Å². The molecule has 0 aromatic carbocycles. The third kappa shape index (κ3) is 3.01. The average molecular weight is 291 g/mol. The van der Waals surface area contributed by atoms with Crippen molar-refractivity contribution < 1.29 is 13.9 Å². The summed E-state index contributed by atoms with van der Waals surface area (Å²) in [6.45, 7) is 5.17. The molecule has 6 nitrogen and oxygen atoms in total. The normalized spacial score (nSPS) is 15.6. The number of aliphatic hydroxyl groups is 1. The second-order valence-electron chi connectivity index (χ2n) is 5.61. The van der Waals surface area contributed by atoms with Gasteiger partial charge in [-0.2, -0.15) is 0 Å². The van der Waals surface area contributed by atoms with Crippen LogP contribution in [0.2, 0.25) is 0 Å². The van der Waals surface area contributed by atoms with Crippen LogP contribution in [0, 0.1) is 13.8 Å². The Bertz CT molecular complexity index is 601. The molecule has 1 aliphatic carbocycles. The maximum atomic E-state index is 9.18. The quantitative estimate of drug-likeness (QED) is 0.880. The van der Waals surface area contributed by atoms with Crippen molar-refractivity contribution in [2.75, 3.05) is 13.2 Å². The van der Waals surface area contributed by atoms with Gasteiger partial charge in [0, 0.05) is 12.6 Å². The number of nitrogens with zero attached hydrogens (tertiary/aromatic N) is 3. The summed E-state index contributed by atoms with van der Waals surface area (Å²) in [6.07, 6.45) is 3.62. The van der Waals surface area contributed by atoms with Crippen molar-refractivity contribution in [1.29, 1.82) is 0 Å². The third-order valence-corrected chi connectivity index (χ3v) is 4.05. The molecule has 1 fully saturated rings. The first-order valence-corrected chi connectivity index (χ1v) is 7.42. The minimum Gasteiger partial charge on any atom is -0.466 e. The molecule has 0 saturated heterocycles. The SMILES string of the molecule is Cc1cc(-c2nnc(CN(CCO)C3CCC3)o2)c(C)o1. The van der Waals surface area contributed by atoms with E-state index in [4.69, 9.17) is 8.83 Å². The molecule has 21 heavy (non-hydrogen) atoms. The highest BCUT2D eigenvalue weighted by atomic mass is 16.4. The molecule has 0 spiro atoms. The Labute approximate surface area is 123 Å². The number of aryl methyl sites for hydroxylation is 2. The van der Waals surface area contributed by atoms with E-state index in [1.165, 1.54) is 19.3 Å². The molecule has 1 aliphatic rings. The molecule has 114 valence electrons. The van der Waals surface area contributed by atoms with Crippen molar-refractivity contribution >= 4 is 0 Å². The molecule has 1 saturated carbocycles. The van der Waals surface area contributed by atoms with Crippen LogP contribution in [0.4, 0.5) is 0 Å². The number of hydrogen-bond donors (Lipinski definition) is 1. The number of furan rings is 1. The fourth-order valence-corrected chi connectivity index (χ4v) is 2.71. The van der Waals surface area contributed by atoms with Gasteiger partial charge in [-0.05, 0) is 32.8 Å². The summed E-state index contributed by atoms with van der Waals surface area (Å²) in [5.41, 5.74) is 0.851. The Balaban J connectivity index is 1.73. The molecule has 0 unspecified atom stereocenters. The van der Waals surface area contributed by atoms with Gasteiger partial charge in [0.25, 0.3) is 5.89 Å². The third-order valence-electron chi connectivity index (χ3n) is 4.05. The van der Waals surface area contributed by atoms with Crippen LogP contribution in [0.25, 0.3) is 11.5 Å². The van der Waals surface area contributed by atoms with Crippen molar-refractivity contribution in [3.8, 4) is 11.5 Å². The lowest BCUT2D eigenvalue weighted by molar-refractivity contribution is 0.0862. The second-order valence-corrected chi connectivity index (χ2v) is 5.61. The fourth-order valence-electron chi connectivity index (χ4n) is 2.71. The number of aliphatic hydroxyl groups excluding tert-OH is 1. The lowest BCUT2D eigenvalue weighted by atomic mass is 9.91. The number of aromatic nitrogens is 2. The van der Waals surface area contributed by atoms with Gasteiger partial charge >= 0.3 is 0 Å². The average Bonchev–Trinajstić information content (AvgIpc) is 2.94. The Hall–Kier alpha value is -1.66. The lowest BCUT2D eigenvalue weighted by Crippen LogP contribution is -2.41. The van der Waals surface area contributed by atoms with E-state index < -0.39 is 0 Å². The molecule has 0 radical (unpaired) electrons. The molecule has 0 atom stereocenters. The predicted molar refractivity (Wildman–Crippen MR) is 76.6 cm³/mol. The van der Waals surface area contributed by atoms with Crippen molar-refractivity contribution in [2.45, 2.75) is 45.7 Å². The van der Waals surface area contributed by atoms with Crippen LogP contribution < -0.4 is 0 Å². The molecule has 6 heteroatoms. The van der Waals surface area contributed by atoms with Gasteiger partial charge in [-0.1, -0.05) is 6.42 Å². The Morgan fingerprint density at radius 1 is 1.29 bits per heavy atom. The topological polar surface area (TPSA) is 75.5 Å². The highest BCUT2D eigenvalue weighted by molar-refractivity contribution is 5.55. The highest BCUT2D eigenvalue weighted by Gasteiger charge is 2.26. The molecule has 0 amide bonds. The van der Waals surface area contributed by atoms with Crippen LogP contribution >= 0.6 is 0 Å². The van der Waals surface area contributed by atoms with Gasteiger partial charge in [-0.3, -0.25) is 4.90 Å². The van der Waals surface area contributed by atoms with Crippen molar-refractivity contribution in [3.05, 3.63) is 23.5 Å². The standard InChI is InChI=1S/C15H21N3O3/c1-10-8-13(11(2)20-10)15-17-16-14(21-15)9-18(6-7-19)12-4-3-5-12/h8,12,19H,3-7,9H2,1-2H3. The zero-order valence-corrected chi connectivity index (χ0v) is 12.5. The Kier molecular flexibility index (Phi) is 4.07. The van der Waals surface area contributed by atoms with Crippen LogP contribution in [0.5, 0.6) is 0 Å². The summed E-state index contributed by atoms with van der Waals surface area (Å²) in [5, 5.41) is 17.4. The van der Waals surface area contributed by atoms with Gasteiger partial charge in [0.2, 0.25) is 5.89 Å². The summed E-state index contributed by atoms with van der Waals surface area (Å²) >= 11 is 0. The first kappa shape index (κ1) is 14.3. The Morgan fingerprint density at radius 2 is 2.10 bits per heavy atom. The first-order valence-electron chi connectivity index (χ1n) is 7.42. The van der Waals surface area contributed by atoms with E-state index in [2.05, 4.69) is 15.1 Å². The van der Waals surface area contributed by atoms with Crippen molar-refractivity contribution in [3.63, 3.8) is 0 Å². The van der Waals surface area contributed by atoms with Crippen molar-refractivity contribution in [2.24, 2.45) is 0 Å². The van der Waals surface area contributed by atoms with E-state index in [9.17, 15) is 5.11 Å². The molecule has 2 aromatic rings. The van der Waals surface area contributed by atoms with Gasteiger partial charge in [-0.15, -0.1) is 10.2 Å². The van der Waals surface area contributed by atoms with Gasteiger partial charge in [-0.25, -0.2) is 0 Å². The summed E-state index contributed by atoms with van der Waals surface area (Å²) < 4.78 is 11.2. The van der Waals surface area contributed by atoms with Crippen LogP contribution in [0.15, 0.2) is 14.9 Å². The molecule has 3 rings (SSSR count). The van der Waals surface area contributed by atoms with E-state index in [1.807, 2.05) is 19.9 Å². The maximum Gasteiger partial charge on any atom is 0.251 e. The predicted octanol–water partition coefficient (Wildman–Crippen LogP) is 2.29. The molecule has 2 heterocycles. The minimum absolute atomic E-state index is 0.150. The van der Waals surface area contributed by atoms with E-state index >= 15 is 0 Å². The van der Waals surface area contributed by atoms with E-state index in [0.717, 1.165) is 17.1 Å². The Morgan fingerprint density at radius 3 is 2.67 bits per heavy atom. The van der Waals surface area contributed by atoms with Gasteiger partial charge in [0.1, 0.15) is 11.5 Å². The smallest absolute Gasteiger partial charge is 0.251 e. The summed E-state index contributed by atoms with van der Waals surface area (Å²) in [7, 11) is 0. The summed E-state index contributed by atoms with van der Waals surface area (Å²) in [5.74, 6) is 2.70. The molecule has 1 N–H and O–H groups in total. The summed E-state index contributed by atoms with van der Waals surface area (Å²) in [4.78, 5) is 2.22. The van der Waals surface area contributed by atoms with Gasteiger partial charge < -0.3 is 13.9 Å². The van der Waals surface area contributed by atoms with E-state index in [0.29, 0.717) is 30.9 Å².